The second-order valence-electron chi connectivity index (χ2n) is 5.27. The first-order valence-corrected chi connectivity index (χ1v) is 7.88. The summed E-state index contributed by atoms with van der Waals surface area (Å²) in [5.74, 6) is -0.301. The topological polar surface area (TPSA) is 55.6 Å². The number of benzene rings is 1. The van der Waals surface area contributed by atoms with Crippen molar-refractivity contribution in [1.82, 2.24) is 0 Å². The number of hydrogen-bond donors (Lipinski definition) is 1. The predicted molar refractivity (Wildman–Crippen MR) is 88.8 cm³/mol. The van der Waals surface area contributed by atoms with Gasteiger partial charge in [0.2, 0.25) is 0 Å². The Morgan fingerprint density at radius 2 is 2.05 bits per heavy atom. The summed E-state index contributed by atoms with van der Waals surface area (Å²) in [6.07, 6.45) is 3.18. The van der Waals surface area contributed by atoms with Gasteiger partial charge in [0.15, 0.2) is 0 Å². The molecule has 1 rings (SSSR count). The number of carbonyl (C=O) groups excluding carboxylic acids is 1. The van der Waals surface area contributed by atoms with Crippen LogP contribution < -0.4 is 10.6 Å². The van der Waals surface area contributed by atoms with Gasteiger partial charge in [0, 0.05) is 12.6 Å². The highest BCUT2D eigenvalue weighted by atomic mass is 16.5. The highest BCUT2D eigenvalue weighted by Crippen LogP contribution is 2.31. The molecule has 2 N–H and O–H groups in total. The normalized spacial score (nSPS) is 12.0. The number of carbonyl (C=O) groups is 1. The third kappa shape index (κ3) is 4.38. The molecule has 0 fully saturated rings. The van der Waals surface area contributed by atoms with Gasteiger partial charge in [0.25, 0.3) is 0 Å². The molecule has 4 heteroatoms. The molecule has 4 nitrogen and oxygen atoms in total. The maximum Gasteiger partial charge on any atom is 0.340 e. The van der Waals surface area contributed by atoms with Crippen LogP contribution in [0.4, 0.5) is 11.4 Å². The number of hydrogen-bond acceptors (Lipinski definition) is 4. The molecule has 0 aliphatic rings. The molecule has 0 saturated heterocycles. The van der Waals surface area contributed by atoms with Crippen LogP contribution in [-0.4, -0.2) is 25.2 Å². The molecular formula is C17H28N2O2. The Hall–Kier alpha value is -1.71. The first-order valence-electron chi connectivity index (χ1n) is 7.88. The van der Waals surface area contributed by atoms with Crippen LogP contribution in [0.5, 0.6) is 0 Å². The second kappa shape index (κ2) is 8.55. The summed E-state index contributed by atoms with van der Waals surface area (Å²) in [5.41, 5.74) is 8.19. The molecule has 1 aromatic carbocycles. The van der Waals surface area contributed by atoms with Gasteiger partial charge in [-0.25, -0.2) is 4.79 Å². The Balaban J connectivity index is 3.24. The van der Waals surface area contributed by atoms with Crippen molar-refractivity contribution in [2.24, 2.45) is 0 Å². The molecule has 21 heavy (non-hydrogen) atoms. The number of nitrogens with two attached hydrogens (primary N) is 1. The lowest BCUT2D eigenvalue weighted by molar-refractivity contribution is 0.0527. The van der Waals surface area contributed by atoms with Crippen LogP contribution in [0.1, 0.15) is 57.3 Å². The third-order valence-electron chi connectivity index (χ3n) is 3.73. The molecule has 0 aliphatic heterocycles. The van der Waals surface area contributed by atoms with Crippen molar-refractivity contribution >= 4 is 17.3 Å². The summed E-state index contributed by atoms with van der Waals surface area (Å²) in [4.78, 5) is 14.4. The minimum Gasteiger partial charge on any atom is -0.462 e. The van der Waals surface area contributed by atoms with E-state index in [0.29, 0.717) is 23.9 Å². The molecule has 118 valence electrons. The zero-order valence-electron chi connectivity index (χ0n) is 13.7. The van der Waals surface area contributed by atoms with Gasteiger partial charge in [-0.2, -0.15) is 0 Å². The maximum atomic E-state index is 12.2. The lowest BCUT2D eigenvalue weighted by Crippen LogP contribution is -2.35. The average Bonchev–Trinajstić information content (AvgIpc) is 2.48. The molecule has 0 radical (unpaired) electrons. The van der Waals surface area contributed by atoms with Crippen molar-refractivity contribution in [2.75, 3.05) is 23.8 Å². The Morgan fingerprint density at radius 1 is 1.33 bits per heavy atom. The molecule has 0 saturated carbocycles. The Labute approximate surface area is 128 Å². The van der Waals surface area contributed by atoms with Gasteiger partial charge in [-0.05, 0) is 38.8 Å². The molecule has 0 bridgehead atoms. The first kappa shape index (κ1) is 17.3. The second-order valence-corrected chi connectivity index (χ2v) is 5.27. The summed E-state index contributed by atoms with van der Waals surface area (Å²) in [5, 5.41) is 0. The van der Waals surface area contributed by atoms with Crippen LogP contribution >= 0.6 is 0 Å². The number of ether oxygens (including phenoxy) is 1. The van der Waals surface area contributed by atoms with Crippen molar-refractivity contribution in [3.63, 3.8) is 0 Å². The third-order valence-corrected chi connectivity index (χ3v) is 3.73. The molecular weight excluding hydrogens is 264 g/mol. The van der Waals surface area contributed by atoms with E-state index in [1.807, 2.05) is 13.0 Å². The fourth-order valence-electron chi connectivity index (χ4n) is 2.36. The van der Waals surface area contributed by atoms with Crippen molar-refractivity contribution in [3.8, 4) is 0 Å². The summed E-state index contributed by atoms with van der Waals surface area (Å²) >= 11 is 0. The quantitative estimate of drug-likeness (QED) is 0.584. The van der Waals surface area contributed by atoms with E-state index < -0.39 is 0 Å². The van der Waals surface area contributed by atoms with Crippen LogP contribution in [0, 0.1) is 0 Å². The van der Waals surface area contributed by atoms with Crippen LogP contribution in [0.25, 0.3) is 0 Å². The van der Waals surface area contributed by atoms with Gasteiger partial charge in [0.05, 0.1) is 23.5 Å². The molecule has 0 amide bonds. The maximum absolute atomic E-state index is 12.2. The molecule has 1 atom stereocenters. The van der Waals surface area contributed by atoms with E-state index in [1.54, 1.807) is 12.1 Å². The minimum atomic E-state index is -0.301. The van der Waals surface area contributed by atoms with Crippen molar-refractivity contribution in [2.45, 2.75) is 53.0 Å². The number of unbranched alkanes of at least 4 members (excludes halogenated alkanes) is 1. The van der Waals surface area contributed by atoms with Crippen LogP contribution in [-0.2, 0) is 4.74 Å². The number of rotatable bonds is 8. The van der Waals surface area contributed by atoms with E-state index in [2.05, 4.69) is 25.7 Å². The fraction of sp³-hybridized carbons (Fsp3) is 0.588. The lowest BCUT2D eigenvalue weighted by atomic mass is 10.1. The van der Waals surface area contributed by atoms with E-state index in [4.69, 9.17) is 10.5 Å². The van der Waals surface area contributed by atoms with Crippen molar-refractivity contribution in [3.05, 3.63) is 23.8 Å². The predicted octanol–water partition coefficient (Wildman–Crippen LogP) is 3.85. The van der Waals surface area contributed by atoms with Crippen LogP contribution in [0.2, 0.25) is 0 Å². The molecule has 0 aliphatic carbocycles. The van der Waals surface area contributed by atoms with Crippen molar-refractivity contribution in [1.29, 1.82) is 0 Å². The Bertz CT molecular complexity index is 460. The molecule has 1 unspecified atom stereocenters. The van der Waals surface area contributed by atoms with Crippen LogP contribution in [0.15, 0.2) is 18.2 Å². The zero-order chi connectivity index (χ0) is 15.8. The largest absolute Gasteiger partial charge is 0.462 e. The zero-order valence-corrected chi connectivity index (χ0v) is 13.7. The highest BCUT2D eigenvalue weighted by Gasteiger charge is 2.22. The minimum absolute atomic E-state index is 0.301. The van der Waals surface area contributed by atoms with E-state index in [0.717, 1.165) is 31.5 Å². The number of anilines is 2. The van der Waals surface area contributed by atoms with Gasteiger partial charge >= 0.3 is 5.97 Å². The number of nitrogens with zero attached hydrogens (tertiary/aromatic N) is 1. The van der Waals surface area contributed by atoms with Gasteiger partial charge in [-0.15, -0.1) is 0 Å². The van der Waals surface area contributed by atoms with E-state index >= 15 is 0 Å². The number of nitrogen functional groups attached to an aromatic ring is 1. The van der Waals surface area contributed by atoms with Gasteiger partial charge in [0.1, 0.15) is 0 Å². The van der Waals surface area contributed by atoms with Crippen LogP contribution in [0.3, 0.4) is 0 Å². The first-order chi connectivity index (χ1) is 10.1. The highest BCUT2D eigenvalue weighted by molar-refractivity contribution is 5.99. The summed E-state index contributed by atoms with van der Waals surface area (Å²) < 4.78 is 5.17. The summed E-state index contributed by atoms with van der Waals surface area (Å²) in [6, 6.07) is 5.78. The average molecular weight is 292 g/mol. The van der Waals surface area contributed by atoms with E-state index in [-0.39, 0.29) is 5.97 Å². The Kier molecular flexibility index (Phi) is 7.06. The van der Waals surface area contributed by atoms with Gasteiger partial charge in [-0.3, -0.25) is 0 Å². The fourth-order valence-corrected chi connectivity index (χ4v) is 2.36. The van der Waals surface area contributed by atoms with E-state index in [9.17, 15) is 4.79 Å². The molecule has 0 aromatic heterocycles. The molecule has 0 spiro atoms. The van der Waals surface area contributed by atoms with Gasteiger partial charge < -0.3 is 15.4 Å². The van der Waals surface area contributed by atoms with Gasteiger partial charge in [-0.1, -0.05) is 26.3 Å². The Morgan fingerprint density at radius 3 is 2.62 bits per heavy atom. The van der Waals surface area contributed by atoms with E-state index in [1.165, 1.54) is 0 Å². The summed E-state index contributed by atoms with van der Waals surface area (Å²) in [6.45, 7) is 9.55. The number of esters is 1. The summed E-state index contributed by atoms with van der Waals surface area (Å²) in [7, 11) is 0. The SMILES string of the molecule is CCCCN(c1c(N)cccc1C(=O)OCC)C(C)CC. The molecule has 1 aromatic rings. The smallest absolute Gasteiger partial charge is 0.340 e. The standard InChI is InChI=1S/C17H28N2O2/c1-5-8-12-19(13(4)6-2)16-14(17(20)21-7-3)10-9-11-15(16)18/h9-11,13H,5-8,12,18H2,1-4H3. The monoisotopic (exact) mass is 292 g/mol. The molecule has 0 heterocycles. The lowest BCUT2D eigenvalue weighted by Gasteiger charge is -2.33. The number of para-hydroxylation sites is 1. The van der Waals surface area contributed by atoms with Crippen molar-refractivity contribution < 1.29 is 9.53 Å².